The Kier molecular flexibility index (Phi) is 4.14. The van der Waals surface area contributed by atoms with Crippen molar-refractivity contribution in [3.63, 3.8) is 0 Å². The first-order chi connectivity index (χ1) is 9.99. The van der Waals surface area contributed by atoms with E-state index in [4.69, 9.17) is 15.7 Å². The van der Waals surface area contributed by atoms with Crippen molar-refractivity contribution in [2.45, 2.75) is 6.61 Å². The van der Waals surface area contributed by atoms with Gasteiger partial charge in [-0.25, -0.2) is 13.6 Å². The molecule has 0 amide bonds. The fourth-order valence-electron chi connectivity index (χ4n) is 1.69. The number of ether oxygens (including phenoxy) is 1. The molecule has 0 unspecified atom stereocenters. The van der Waals surface area contributed by atoms with E-state index >= 15 is 0 Å². The van der Waals surface area contributed by atoms with E-state index in [1.54, 1.807) is 6.07 Å². The van der Waals surface area contributed by atoms with Crippen LogP contribution in [0.25, 0.3) is 0 Å². The van der Waals surface area contributed by atoms with Crippen molar-refractivity contribution in [2.75, 3.05) is 5.73 Å². The molecule has 0 saturated carbocycles. The van der Waals surface area contributed by atoms with Crippen LogP contribution in [0, 0.1) is 23.0 Å². The SMILES string of the molecule is N#Cc1ccc(COC(=O)c2cc(N)cc(F)c2)c(F)c1. The van der Waals surface area contributed by atoms with Gasteiger partial charge in [0.2, 0.25) is 0 Å². The molecule has 0 heterocycles. The van der Waals surface area contributed by atoms with E-state index in [1.165, 1.54) is 18.2 Å². The van der Waals surface area contributed by atoms with Crippen molar-refractivity contribution in [3.8, 4) is 6.07 Å². The minimum Gasteiger partial charge on any atom is -0.457 e. The van der Waals surface area contributed by atoms with Crippen LogP contribution in [0.1, 0.15) is 21.5 Å². The molecule has 2 N–H and O–H groups in total. The lowest BCUT2D eigenvalue weighted by Gasteiger charge is -2.07. The van der Waals surface area contributed by atoms with Crippen LogP contribution in [0.15, 0.2) is 36.4 Å². The number of nitriles is 1. The molecule has 0 fully saturated rings. The molecular formula is C15H10F2N2O2. The number of nitrogen functional groups attached to an aromatic ring is 1. The van der Waals surface area contributed by atoms with E-state index in [0.717, 1.165) is 18.2 Å². The molecule has 0 spiro atoms. The van der Waals surface area contributed by atoms with Gasteiger partial charge in [0.1, 0.15) is 18.2 Å². The number of hydrogen-bond acceptors (Lipinski definition) is 4. The van der Waals surface area contributed by atoms with E-state index < -0.39 is 17.6 Å². The highest BCUT2D eigenvalue weighted by Crippen LogP contribution is 2.15. The van der Waals surface area contributed by atoms with E-state index in [2.05, 4.69) is 0 Å². The maximum atomic E-state index is 13.6. The van der Waals surface area contributed by atoms with Crippen molar-refractivity contribution >= 4 is 11.7 Å². The van der Waals surface area contributed by atoms with E-state index in [0.29, 0.717) is 0 Å². The molecule has 0 aliphatic carbocycles. The van der Waals surface area contributed by atoms with Crippen molar-refractivity contribution in [2.24, 2.45) is 0 Å². The molecule has 0 bridgehead atoms. The number of rotatable bonds is 3. The lowest BCUT2D eigenvalue weighted by molar-refractivity contribution is 0.0468. The maximum Gasteiger partial charge on any atom is 0.338 e. The molecule has 0 saturated heterocycles. The molecule has 2 aromatic carbocycles. The third-order valence-electron chi connectivity index (χ3n) is 2.70. The van der Waals surface area contributed by atoms with Crippen molar-refractivity contribution in [1.82, 2.24) is 0 Å². The van der Waals surface area contributed by atoms with Crippen LogP contribution in [0.4, 0.5) is 14.5 Å². The standard InChI is InChI=1S/C15H10F2N2O2/c16-12-4-11(5-13(19)6-12)15(20)21-8-10-2-1-9(7-18)3-14(10)17/h1-6H,8,19H2. The summed E-state index contributed by atoms with van der Waals surface area (Å²) in [6, 6.07) is 8.91. The number of benzene rings is 2. The van der Waals surface area contributed by atoms with Gasteiger partial charge in [0.15, 0.2) is 0 Å². The van der Waals surface area contributed by atoms with Gasteiger partial charge in [-0.05, 0) is 30.3 Å². The topological polar surface area (TPSA) is 76.1 Å². The number of hydrogen-bond donors (Lipinski definition) is 1. The van der Waals surface area contributed by atoms with Gasteiger partial charge in [0, 0.05) is 11.3 Å². The van der Waals surface area contributed by atoms with Crippen molar-refractivity contribution in [1.29, 1.82) is 5.26 Å². The van der Waals surface area contributed by atoms with Crippen molar-refractivity contribution < 1.29 is 18.3 Å². The fourth-order valence-corrected chi connectivity index (χ4v) is 1.69. The average Bonchev–Trinajstić information content (AvgIpc) is 2.44. The van der Waals surface area contributed by atoms with Gasteiger partial charge < -0.3 is 10.5 Å². The first kappa shape index (κ1) is 14.5. The summed E-state index contributed by atoms with van der Waals surface area (Å²) in [5.41, 5.74) is 5.74. The summed E-state index contributed by atoms with van der Waals surface area (Å²) < 4.78 is 31.6. The van der Waals surface area contributed by atoms with Crippen molar-refractivity contribution in [3.05, 3.63) is 64.7 Å². The van der Waals surface area contributed by atoms with Gasteiger partial charge >= 0.3 is 5.97 Å². The smallest absolute Gasteiger partial charge is 0.338 e. The van der Waals surface area contributed by atoms with Crippen LogP contribution in [-0.2, 0) is 11.3 Å². The molecule has 0 atom stereocenters. The Morgan fingerprint density at radius 1 is 1.24 bits per heavy atom. The molecule has 0 radical (unpaired) electrons. The Bertz CT molecular complexity index is 719. The van der Waals surface area contributed by atoms with Crippen LogP contribution >= 0.6 is 0 Å². The Labute approximate surface area is 119 Å². The van der Waals surface area contributed by atoms with Gasteiger partial charge in [-0.1, -0.05) is 6.07 Å². The second-order valence-electron chi connectivity index (χ2n) is 4.27. The summed E-state index contributed by atoms with van der Waals surface area (Å²) in [6.07, 6.45) is 0. The van der Waals surface area contributed by atoms with Crippen LogP contribution < -0.4 is 5.73 Å². The predicted octanol–water partition coefficient (Wildman–Crippen LogP) is 2.78. The largest absolute Gasteiger partial charge is 0.457 e. The summed E-state index contributed by atoms with van der Waals surface area (Å²) in [6.45, 7) is -0.327. The number of halogens is 2. The molecule has 0 aromatic heterocycles. The minimum absolute atomic E-state index is 0.0541. The van der Waals surface area contributed by atoms with Gasteiger partial charge in [-0.15, -0.1) is 0 Å². The monoisotopic (exact) mass is 288 g/mol. The molecule has 0 aliphatic rings. The Morgan fingerprint density at radius 2 is 2.00 bits per heavy atom. The quantitative estimate of drug-likeness (QED) is 0.696. The number of nitrogens with zero attached hydrogens (tertiary/aromatic N) is 1. The number of esters is 1. The second-order valence-corrected chi connectivity index (χ2v) is 4.27. The molecule has 2 aromatic rings. The average molecular weight is 288 g/mol. The highest BCUT2D eigenvalue weighted by Gasteiger charge is 2.11. The summed E-state index contributed by atoms with van der Waals surface area (Å²) >= 11 is 0. The number of carbonyl (C=O) groups excluding carboxylic acids is 1. The second kappa shape index (κ2) is 6.01. The highest BCUT2D eigenvalue weighted by atomic mass is 19.1. The third kappa shape index (κ3) is 3.54. The molecule has 0 aliphatic heterocycles. The molecule has 106 valence electrons. The van der Waals surface area contributed by atoms with Gasteiger partial charge in [-0.3, -0.25) is 0 Å². The van der Waals surface area contributed by atoms with Gasteiger partial charge in [-0.2, -0.15) is 5.26 Å². The van der Waals surface area contributed by atoms with Crippen LogP contribution in [0.2, 0.25) is 0 Å². The lowest BCUT2D eigenvalue weighted by Crippen LogP contribution is -2.07. The van der Waals surface area contributed by atoms with Crippen LogP contribution in [0.5, 0.6) is 0 Å². The molecular weight excluding hydrogens is 278 g/mol. The zero-order valence-electron chi connectivity index (χ0n) is 10.8. The minimum atomic E-state index is -0.815. The zero-order valence-corrected chi connectivity index (χ0v) is 10.8. The summed E-state index contributed by atoms with van der Waals surface area (Å²) in [5, 5.41) is 8.62. The van der Waals surface area contributed by atoms with E-state index in [-0.39, 0.29) is 29.0 Å². The van der Waals surface area contributed by atoms with Crippen LogP contribution in [0.3, 0.4) is 0 Å². The summed E-state index contributed by atoms with van der Waals surface area (Å²) in [4.78, 5) is 11.7. The maximum absolute atomic E-state index is 13.6. The van der Waals surface area contributed by atoms with E-state index in [9.17, 15) is 13.6 Å². The first-order valence-corrected chi connectivity index (χ1v) is 5.91. The fraction of sp³-hybridized carbons (Fsp3) is 0.0667. The summed E-state index contributed by atoms with van der Waals surface area (Å²) in [7, 11) is 0. The molecule has 4 nitrogen and oxygen atoms in total. The van der Waals surface area contributed by atoms with Gasteiger partial charge in [0.05, 0.1) is 17.2 Å². The number of anilines is 1. The Morgan fingerprint density at radius 3 is 2.62 bits per heavy atom. The third-order valence-corrected chi connectivity index (χ3v) is 2.70. The normalized spacial score (nSPS) is 9.95. The first-order valence-electron chi connectivity index (χ1n) is 5.91. The molecule has 6 heteroatoms. The zero-order chi connectivity index (χ0) is 15.4. The Balaban J connectivity index is 2.09. The Hall–Kier alpha value is -2.94. The lowest BCUT2D eigenvalue weighted by atomic mass is 10.1. The van der Waals surface area contributed by atoms with Gasteiger partial charge in [0.25, 0.3) is 0 Å². The van der Waals surface area contributed by atoms with E-state index in [1.807, 2.05) is 0 Å². The molecule has 21 heavy (non-hydrogen) atoms. The summed E-state index contributed by atoms with van der Waals surface area (Å²) in [5.74, 6) is -2.13. The number of carbonyl (C=O) groups is 1. The van der Waals surface area contributed by atoms with Crippen LogP contribution in [-0.4, -0.2) is 5.97 Å². The predicted molar refractivity (Wildman–Crippen MR) is 71.0 cm³/mol. The highest BCUT2D eigenvalue weighted by molar-refractivity contribution is 5.90. The molecule has 2 rings (SSSR count). The number of nitrogens with two attached hydrogens (primary N) is 1.